The van der Waals surface area contributed by atoms with Crippen LogP contribution in [0.5, 0.6) is 0 Å². The molecule has 0 N–H and O–H groups in total. The first-order valence-corrected chi connectivity index (χ1v) is 8.80. The molecule has 0 aromatic carbocycles. The zero-order valence-corrected chi connectivity index (χ0v) is 12.7. The van der Waals surface area contributed by atoms with Crippen LogP contribution in [0.3, 0.4) is 0 Å². The Morgan fingerprint density at radius 3 is 2.18 bits per heavy atom. The van der Waals surface area contributed by atoms with Crippen LogP contribution >= 0.6 is 11.8 Å². The topological polar surface area (TPSA) is 0 Å². The second kappa shape index (κ2) is 10.1. The minimum atomic E-state index is 0.925. The molecule has 1 heteroatoms. The quantitative estimate of drug-likeness (QED) is 0.369. The van der Waals surface area contributed by atoms with Gasteiger partial charge in [-0.2, -0.15) is 11.8 Å². The predicted octanol–water partition coefficient (Wildman–Crippen LogP) is 5.83. The van der Waals surface area contributed by atoms with Crippen LogP contribution in [0.25, 0.3) is 0 Å². The first-order valence-electron chi connectivity index (χ1n) is 7.65. The van der Waals surface area contributed by atoms with Gasteiger partial charge in [0.1, 0.15) is 0 Å². The van der Waals surface area contributed by atoms with Gasteiger partial charge in [-0.25, -0.2) is 0 Å². The van der Waals surface area contributed by atoms with Gasteiger partial charge in [0, 0.05) is 5.75 Å². The summed E-state index contributed by atoms with van der Waals surface area (Å²) in [6.45, 7) is 4.62. The Morgan fingerprint density at radius 2 is 1.71 bits per heavy atom. The van der Waals surface area contributed by atoms with Crippen molar-refractivity contribution >= 4 is 11.8 Å². The van der Waals surface area contributed by atoms with Gasteiger partial charge < -0.3 is 0 Å². The van der Waals surface area contributed by atoms with Gasteiger partial charge in [-0.05, 0) is 30.9 Å². The molecule has 0 nitrogen and oxygen atoms in total. The predicted molar refractivity (Wildman–Crippen MR) is 81.8 cm³/mol. The van der Waals surface area contributed by atoms with Gasteiger partial charge in [0.15, 0.2) is 0 Å². The van der Waals surface area contributed by atoms with Crippen LogP contribution in [0.15, 0.2) is 11.6 Å². The maximum Gasteiger partial charge on any atom is 0.0116 e. The summed E-state index contributed by atoms with van der Waals surface area (Å²) in [5.41, 5.74) is 1.80. The number of rotatable bonds is 9. The average molecular weight is 254 g/mol. The second-order valence-corrected chi connectivity index (χ2v) is 6.44. The summed E-state index contributed by atoms with van der Waals surface area (Å²) in [5.74, 6) is 3.56. The summed E-state index contributed by atoms with van der Waals surface area (Å²) in [4.78, 5) is 0. The molecule has 1 aliphatic rings. The third kappa shape index (κ3) is 6.55. The van der Waals surface area contributed by atoms with Crippen LogP contribution in [-0.4, -0.2) is 11.5 Å². The molecule has 1 aliphatic heterocycles. The Hall–Kier alpha value is 0.0900. The standard InChI is InChI=1S/C16H30S/c1-3-5-7-9-15(10-8-6-4-2)16-11-13-17-14-12-16/h11,15H,3-10,12-14H2,1-2H3. The minimum absolute atomic E-state index is 0.925. The van der Waals surface area contributed by atoms with Gasteiger partial charge in [0.25, 0.3) is 0 Å². The van der Waals surface area contributed by atoms with Crippen LogP contribution in [0.4, 0.5) is 0 Å². The highest BCUT2D eigenvalue weighted by molar-refractivity contribution is 7.99. The lowest BCUT2D eigenvalue weighted by Crippen LogP contribution is -2.09. The molecule has 100 valence electrons. The lowest BCUT2D eigenvalue weighted by molar-refractivity contribution is 0.453. The molecule has 0 radical (unpaired) electrons. The molecule has 0 bridgehead atoms. The molecule has 0 amide bonds. The number of thioether (sulfide) groups is 1. The molecule has 0 aliphatic carbocycles. The van der Waals surface area contributed by atoms with Crippen molar-refractivity contribution in [2.24, 2.45) is 5.92 Å². The third-order valence-corrected chi connectivity index (χ3v) is 4.73. The summed E-state index contributed by atoms with van der Waals surface area (Å²) in [6, 6.07) is 0. The van der Waals surface area contributed by atoms with Gasteiger partial charge in [-0.15, -0.1) is 0 Å². The molecule has 0 fully saturated rings. The van der Waals surface area contributed by atoms with E-state index in [1.807, 2.05) is 0 Å². The molecule has 0 aromatic heterocycles. The fourth-order valence-corrected chi connectivity index (χ4v) is 3.59. The van der Waals surface area contributed by atoms with Crippen molar-refractivity contribution in [3.05, 3.63) is 11.6 Å². The molecule has 0 atom stereocenters. The zero-order chi connectivity index (χ0) is 12.3. The molecular weight excluding hydrogens is 224 g/mol. The summed E-state index contributed by atoms with van der Waals surface area (Å²) < 4.78 is 0. The first kappa shape index (κ1) is 15.1. The van der Waals surface area contributed by atoms with Crippen LogP contribution < -0.4 is 0 Å². The molecule has 1 heterocycles. The van der Waals surface area contributed by atoms with E-state index in [0.717, 1.165) is 5.92 Å². The van der Waals surface area contributed by atoms with E-state index in [4.69, 9.17) is 0 Å². The van der Waals surface area contributed by atoms with Gasteiger partial charge in [-0.1, -0.05) is 64.0 Å². The molecule has 17 heavy (non-hydrogen) atoms. The van der Waals surface area contributed by atoms with Crippen molar-refractivity contribution in [2.75, 3.05) is 11.5 Å². The maximum atomic E-state index is 2.54. The first-order chi connectivity index (χ1) is 8.38. The summed E-state index contributed by atoms with van der Waals surface area (Å²) in [7, 11) is 0. The highest BCUT2D eigenvalue weighted by Crippen LogP contribution is 2.30. The van der Waals surface area contributed by atoms with E-state index < -0.39 is 0 Å². The molecule has 0 aromatic rings. The van der Waals surface area contributed by atoms with Crippen molar-refractivity contribution in [3.63, 3.8) is 0 Å². The fourth-order valence-electron chi connectivity index (χ4n) is 2.71. The van der Waals surface area contributed by atoms with Gasteiger partial charge in [0.05, 0.1) is 0 Å². The molecule has 0 unspecified atom stereocenters. The SMILES string of the molecule is CCCCCC(CCCCC)C1=CCSCC1. The normalized spacial score (nSPS) is 16.3. The second-order valence-electron chi connectivity index (χ2n) is 5.29. The van der Waals surface area contributed by atoms with Crippen molar-refractivity contribution < 1.29 is 0 Å². The summed E-state index contributed by atoms with van der Waals surface area (Å²) in [5, 5.41) is 0. The van der Waals surface area contributed by atoms with Crippen LogP contribution in [0.1, 0.15) is 71.6 Å². The Bertz CT molecular complexity index is 198. The van der Waals surface area contributed by atoms with Crippen LogP contribution in [0.2, 0.25) is 0 Å². The van der Waals surface area contributed by atoms with Gasteiger partial charge >= 0.3 is 0 Å². The number of allylic oxidation sites excluding steroid dienone is 1. The van der Waals surface area contributed by atoms with E-state index in [-0.39, 0.29) is 0 Å². The van der Waals surface area contributed by atoms with Crippen LogP contribution in [-0.2, 0) is 0 Å². The van der Waals surface area contributed by atoms with E-state index in [0.29, 0.717) is 0 Å². The molecule has 1 rings (SSSR count). The highest BCUT2D eigenvalue weighted by Gasteiger charge is 2.15. The van der Waals surface area contributed by atoms with Crippen molar-refractivity contribution in [1.29, 1.82) is 0 Å². The van der Waals surface area contributed by atoms with Gasteiger partial charge in [0.2, 0.25) is 0 Å². The average Bonchev–Trinajstić information content (AvgIpc) is 2.38. The molecular formula is C16H30S. The van der Waals surface area contributed by atoms with Crippen molar-refractivity contribution in [3.8, 4) is 0 Å². The summed E-state index contributed by atoms with van der Waals surface area (Å²) >= 11 is 2.10. The number of unbranched alkanes of at least 4 members (excludes halogenated alkanes) is 4. The monoisotopic (exact) mass is 254 g/mol. The van der Waals surface area contributed by atoms with E-state index in [1.54, 1.807) is 5.57 Å². The lowest BCUT2D eigenvalue weighted by atomic mass is 9.86. The number of hydrogen-bond acceptors (Lipinski definition) is 1. The Morgan fingerprint density at radius 1 is 1.06 bits per heavy atom. The van der Waals surface area contributed by atoms with Crippen molar-refractivity contribution in [1.82, 2.24) is 0 Å². The summed E-state index contributed by atoms with van der Waals surface area (Å²) in [6.07, 6.45) is 15.3. The molecule has 0 spiro atoms. The van der Waals surface area contributed by atoms with Crippen molar-refractivity contribution in [2.45, 2.75) is 71.6 Å². The smallest absolute Gasteiger partial charge is 0.0116 e. The van der Waals surface area contributed by atoms with E-state index in [9.17, 15) is 0 Å². The van der Waals surface area contributed by atoms with E-state index in [2.05, 4.69) is 31.7 Å². The Kier molecular flexibility index (Phi) is 8.96. The Labute approximate surface area is 113 Å². The lowest BCUT2D eigenvalue weighted by Gasteiger charge is -2.23. The van der Waals surface area contributed by atoms with E-state index in [1.165, 1.54) is 69.3 Å². The zero-order valence-electron chi connectivity index (χ0n) is 11.8. The van der Waals surface area contributed by atoms with E-state index >= 15 is 0 Å². The largest absolute Gasteiger partial charge is 0.158 e. The maximum absolute atomic E-state index is 2.54. The van der Waals surface area contributed by atoms with Gasteiger partial charge in [-0.3, -0.25) is 0 Å². The molecule has 0 saturated heterocycles. The Balaban J connectivity index is 2.36. The fraction of sp³-hybridized carbons (Fsp3) is 0.875. The third-order valence-electron chi connectivity index (χ3n) is 3.84. The molecule has 0 saturated carbocycles. The number of hydrogen-bond donors (Lipinski definition) is 0. The highest BCUT2D eigenvalue weighted by atomic mass is 32.2. The minimum Gasteiger partial charge on any atom is -0.158 e. The van der Waals surface area contributed by atoms with Crippen LogP contribution in [0, 0.1) is 5.92 Å².